The maximum absolute atomic E-state index is 11.4. The molecule has 0 aliphatic heterocycles. The quantitative estimate of drug-likeness (QED) is 0.527. The number of ether oxygens (including phenoxy) is 2. The normalized spacial score (nSPS) is 11.1. The van der Waals surface area contributed by atoms with Crippen LogP contribution in [0.2, 0.25) is 0 Å². The van der Waals surface area contributed by atoms with E-state index in [0.29, 0.717) is 6.42 Å². The van der Waals surface area contributed by atoms with Crippen LogP contribution in [0, 0.1) is 0 Å². The molecule has 1 atom stereocenters. The van der Waals surface area contributed by atoms with Crippen molar-refractivity contribution in [1.82, 2.24) is 5.32 Å². The summed E-state index contributed by atoms with van der Waals surface area (Å²) < 4.78 is 9.47. The van der Waals surface area contributed by atoms with Crippen LogP contribution in [0.5, 0.6) is 0 Å². The lowest BCUT2D eigenvalue weighted by Crippen LogP contribution is -2.41. The van der Waals surface area contributed by atoms with E-state index < -0.39 is 18.1 Å². The summed E-state index contributed by atoms with van der Waals surface area (Å²) in [5, 5.41) is 2.38. The third-order valence-electron chi connectivity index (χ3n) is 1.60. The van der Waals surface area contributed by atoms with Gasteiger partial charge in [-0.2, -0.15) is 0 Å². The Labute approximate surface area is 95.1 Å². The van der Waals surface area contributed by atoms with Gasteiger partial charge < -0.3 is 14.8 Å². The summed E-state index contributed by atoms with van der Waals surface area (Å²) >= 11 is 0. The molecule has 0 aromatic carbocycles. The number of esters is 1. The van der Waals surface area contributed by atoms with E-state index in [0.717, 1.165) is 0 Å². The van der Waals surface area contributed by atoms with Crippen LogP contribution in [0.4, 0.5) is 4.79 Å². The first-order valence-corrected chi connectivity index (χ1v) is 4.97. The van der Waals surface area contributed by atoms with Crippen LogP contribution in [0.1, 0.15) is 13.3 Å². The summed E-state index contributed by atoms with van der Waals surface area (Å²) in [4.78, 5) is 22.6. The number of amides is 1. The predicted molar refractivity (Wildman–Crippen MR) is 59.9 cm³/mol. The Balaban J connectivity index is 4.20. The average molecular weight is 227 g/mol. The van der Waals surface area contributed by atoms with Gasteiger partial charge >= 0.3 is 12.1 Å². The van der Waals surface area contributed by atoms with E-state index >= 15 is 0 Å². The van der Waals surface area contributed by atoms with Crippen LogP contribution in [0.3, 0.4) is 0 Å². The molecule has 5 heteroatoms. The Morgan fingerprint density at radius 2 is 2.00 bits per heavy atom. The van der Waals surface area contributed by atoms with Gasteiger partial charge in [-0.3, -0.25) is 0 Å². The first-order valence-electron chi connectivity index (χ1n) is 4.97. The molecule has 0 fully saturated rings. The van der Waals surface area contributed by atoms with Crippen molar-refractivity contribution in [2.75, 3.05) is 13.2 Å². The Morgan fingerprint density at radius 1 is 1.31 bits per heavy atom. The molecule has 0 bridgehead atoms. The van der Waals surface area contributed by atoms with Crippen molar-refractivity contribution in [3.8, 4) is 0 Å². The molecule has 0 rings (SSSR count). The second-order valence-corrected chi connectivity index (χ2v) is 2.86. The molecule has 0 spiro atoms. The second-order valence-electron chi connectivity index (χ2n) is 2.86. The summed E-state index contributed by atoms with van der Waals surface area (Å²) in [6.45, 7) is 8.94. The maximum atomic E-state index is 11.4. The van der Waals surface area contributed by atoms with Gasteiger partial charge in [-0.15, -0.1) is 6.58 Å². The van der Waals surface area contributed by atoms with Crippen molar-refractivity contribution in [1.29, 1.82) is 0 Å². The van der Waals surface area contributed by atoms with Crippen molar-refractivity contribution < 1.29 is 19.1 Å². The summed E-state index contributed by atoms with van der Waals surface area (Å²) in [5.74, 6) is -0.502. The molecule has 0 aromatic rings. The lowest BCUT2D eigenvalue weighted by atomic mass is 10.2. The first-order chi connectivity index (χ1) is 7.65. The first kappa shape index (κ1) is 14.2. The highest BCUT2D eigenvalue weighted by Gasteiger charge is 2.20. The molecule has 5 nitrogen and oxygen atoms in total. The molecule has 0 saturated carbocycles. The SMILES string of the molecule is C=CCOC(=O)NC(CC=C)C(=O)OCC. The summed E-state index contributed by atoms with van der Waals surface area (Å²) in [6, 6.07) is -0.755. The maximum Gasteiger partial charge on any atom is 0.408 e. The molecule has 1 N–H and O–H groups in total. The van der Waals surface area contributed by atoms with Gasteiger partial charge in [0.1, 0.15) is 12.6 Å². The second kappa shape index (κ2) is 8.52. The number of carbonyl (C=O) groups excluding carboxylic acids is 2. The zero-order valence-electron chi connectivity index (χ0n) is 9.40. The zero-order chi connectivity index (χ0) is 12.4. The number of nitrogens with one attached hydrogen (secondary N) is 1. The van der Waals surface area contributed by atoms with Crippen molar-refractivity contribution in [2.24, 2.45) is 0 Å². The van der Waals surface area contributed by atoms with E-state index in [4.69, 9.17) is 4.74 Å². The Kier molecular flexibility index (Phi) is 7.57. The fourth-order valence-electron chi connectivity index (χ4n) is 0.942. The van der Waals surface area contributed by atoms with Gasteiger partial charge in [0.05, 0.1) is 6.61 Å². The minimum Gasteiger partial charge on any atom is -0.464 e. The van der Waals surface area contributed by atoms with E-state index in [9.17, 15) is 9.59 Å². The fourth-order valence-corrected chi connectivity index (χ4v) is 0.942. The van der Waals surface area contributed by atoms with E-state index in [2.05, 4.69) is 23.2 Å². The molecule has 0 heterocycles. The number of carbonyl (C=O) groups is 2. The summed E-state index contributed by atoms with van der Waals surface area (Å²) in [6.07, 6.45) is 2.57. The zero-order valence-corrected chi connectivity index (χ0v) is 9.40. The highest BCUT2D eigenvalue weighted by Crippen LogP contribution is 1.97. The van der Waals surface area contributed by atoms with Gasteiger partial charge in [0, 0.05) is 0 Å². The predicted octanol–water partition coefficient (Wildman–Crippen LogP) is 1.41. The third kappa shape index (κ3) is 5.85. The van der Waals surface area contributed by atoms with Gasteiger partial charge in [0.25, 0.3) is 0 Å². The Bertz CT molecular complexity index is 263. The molecule has 0 aliphatic rings. The van der Waals surface area contributed by atoms with Gasteiger partial charge in [-0.1, -0.05) is 18.7 Å². The number of hydrogen-bond acceptors (Lipinski definition) is 4. The standard InChI is InChI=1S/C11H17NO4/c1-4-7-9(10(13)15-6-3)12-11(14)16-8-5-2/h4-5,9H,1-2,6-8H2,3H3,(H,12,14). The molecule has 1 amide bonds. The lowest BCUT2D eigenvalue weighted by Gasteiger charge is -2.15. The third-order valence-corrected chi connectivity index (χ3v) is 1.60. The average Bonchev–Trinajstić information content (AvgIpc) is 2.26. The highest BCUT2D eigenvalue weighted by atomic mass is 16.6. The van der Waals surface area contributed by atoms with E-state index in [1.54, 1.807) is 6.92 Å². The smallest absolute Gasteiger partial charge is 0.408 e. The van der Waals surface area contributed by atoms with Crippen LogP contribution in [-0.4, -0.2) is 31.3 Å². The van der Waals surface area contributed by atoms with Crippen molar-refractivity contribution in [2.45, 2.75) is 19.4 Å². The van der Waals surface area contributed by atoms with Crippen LogP contribution in [0.25, 0.3) is 0 Å². The largest absolute Gasteiger partial charge is 0.464 e. The van der Waals surface area contributed by atoms with Gasteiger partial charge in [0.2, 0.25) is 0 Å². The van der Waals surface area contributed by atoms with Crippen LogP contribution in [-0.2, 0) is 14.3 Å². The van der Waals surface area contributed by atoms with E-state index in [-0.39, 0.29) is 13.2 Å². The molecule has 0 aromatic heterocycles. The number of alkyl carbamates (subject to hydrolysis) is 1. The molecule has 0 aliphatic carbocycles. The molecule has 16 heavy (non-hydrogen) atoms. The topological polar surface area (TPSA) is 64.6 Å². The molecule has 0 radical (unpaired) electrons. The minimum absolute atomic E-state index is 0.0927. The van der Waals surface area contributed by atoms with Crippen LogP contribution < -0.4 is 5.32 Å². The molecule has 0 saturated heterocycles. The van der Waals surface area contributed by atoms with E-state index in [1.807, 2.05) is 0 Å². The molecular formula is C11H17NO4. The van der Waals surface area contributed by atoms with Crippen molar-refractivity contribution >= 4 is 12.1 Å². The monoisotopic (exact) mass is 227 g/mol. The highest BCUT2D eigenvalue weighted by molar-refractivity contribution is 5.81. The molecule has 90 valence electrons. The van der Waals surface area contributed by atoms with Crippen molar-refractivity contribution in [3.05, 3.63) is 25.3 Å². The lowest BCUT2D eigenvalue weighted by molar-refractivity contribution is -0.145. The fraction of sp³-hybridized carbons (Fsp3) is 0.455. The van der Waals surface area contributed by atoms with Crippen LogP contribution >= 0.6 is 0 Å². The van der Waals surface area contributed by atoms with E-state index in [1.165, 1.54) is 12.2 Å². The molecular weight excluding hydrogens is 210 g/mol. The Morgan fingerprint density at radius 3 is 2.50 bits per heavy atom. The molecule has 1 unspecified atom stereocenters. The number of rotatable bonds is 7. The summed E-state index contributed by atoms with van der Waals surface area (Å²) in [7, 11) is 0. The van der Waals surface area contributed by atoms with Gasteiger partial charge in [-0.25, -0.2) is 9.59 Å². The number of hydrogen-bond donors (Lipinski definition) is 1. The van der Waals surface area contributed by atoms with Gasteiger partial charge in [-0.05, 0) is 13.3 Å². The minimum atomic E-state index is -0.755. The Hall–Kier alpha value is -1.78. The summed E-state index contributed by atoms with van der Waals surface area (Å²) in [5.41, 5.74) is 0. The van der Waals surface area contributed by atoms with Gasteiger partial charge in [0.15, 0.2) is 0 Å². The van der Waals surface area contributed by atoms with Crippen molar-refractivity contribution in [3.63, 3.8) is 0 Å². The van der Waals surface area contributed by atoms with Crippen LogP contribution in [0.15, 0.2) is 25.3 Å².